The number of fused-ring (bicyclic) bond motifs is 2. The van der Waals surface area contributed by atoms with Crippen LogP contribution in [0.25, 0.3) is 0 Å². The number of thioether (sulfide) groups is 2. The predicted octanol–water partition coefficient (Wildman–Crippen LogP) is 5.40. The number of hydrogen-bond acceptors (Lipinski definition) is 9. The summed E-state index contributed by atoms with van der Waals surface area (Å²) < 4.78 is 16.6. The average Bonchev–Trinajstić information content (AvgIpc) is 3.46. The second-order valence-corrected chi connectivity index (χ2v) is 16.6. The van der Waals surface area contributed by atoms with Crippen LogP contribution < -0.4 is 14.8 Å². The lowest BCUT2D eigenvalue weighted by atomic mass is 10.2. The number of ether oxygens (including phenoxy) is 3. The maximum atomic E-state index is 5.87. The SMILES string of the molecule is COc1ccc2c(c1)CN(C(=S)N1CCN(C(=S)OC(C)(C)C)CC1)CCS2.COc1ccc2c(c1)CN(C(=S)N1CCNCC1)CCS2. The van der Waals surface area contributed by atoms with Crippen molar-refractivity contribution in [2.75, 3.05) is 91.2 Å². The van der Waals surface area contributed by atoms with E-state index in [1.54, 1.807) is 14.2 Å². The monoisotopic (exact) mass is 762 g/mol. The molecule has 2 aromatic carbocycles. The normalized spacial score (nSPS) is 18.2. The molecule has 6 rings (SSSR count). The van der Waals surface area contributed by atoms with Crippen molar-refractivity contribution in [1.82, 2.24) is 29.8 Å². The van der Waals surface area contributed by atoms with E-state index in [0.29, 0.717) is 5.17 Å². The number of benzene rings is 2. The summed E-state index contributed by atoms with van der Waals surface area (Å²) in [6, 6.07) is 12.7. The molecule has 0 amide bonds. The minimum Gasteiger partial charge on any atom is -0.497 e. The molecule has 0 saturated carbocycles. The van der Waals surface area contributed by atoms with Gasteiger partial charge in [-0.3, -0.25) is 0 Å². The van der Waals surface area contributed by atoms with Crippen molar-refractivity contribution < 1.29 is 14.2 Å². The lowest BCUT2D eigenvalue weighted by Gasteiger charge is -2.40. The van der Waals surface area contributed by atoms with Gasteiger partial charge in [0.05, 0.1) is 14.2 Å². The highest BCUT2D eigenvalue weighted by atomic mass is 32.2. The molecule has 4 aliphatic heterocycles. The smallest absolute Gasteiger partial charge is 0.259 e. The molecule has 0 radical (unpaired) electrons. The van der Waals surface area contributed by atoms with Crippen molar-refractivity contribution in [2.24, 2.45) is 0 Å². The van der Waals surface area contributed by atoms with Crippen LogP contribution in [0.2, 0.25) is 0 Å². The van der Waals surface area contributed by atoms with E-state index in [1.165, 1.54) is 20.9 Å². The first-order valence-electron chi connectivity index (χ1n) is 16.9. The molecule has 4 heterocycles. The van der Waals surface area contributed by atoms with Gasteiger partial charge >= 0.3 is 0 Å². The quantitative estimate of drug-likeness (QED) is 0.398. The maximum Gasteiger partial charge on any atom is 0.259 e. The van der Waals surface area contributed by atoms with Gasteiger partial charge < -0.3 is 44.0 Å². The molecular weight excluding hydrogens is 713 g/mol. The molecule has 14 heteroatoms. The zero-order chi connectivity index (χ0) is 35.0. The van der Waals surface area contributed by atoms with Gasteiger partial charge in [-0.1, -0.05) is 0 Å². The van der Waals surface area contributed by atoms with E-state index in [9.17, 15) is 0 Å². The summed E-state index contributed by atoms with van der Waals surface area (Å²) in [5, 5.41) is 5.89. The number of piperazine rings is 2. The van der Waals surface area contributed by atoms with Gasteiger partial charge in [-0.25, -0.2) is 0 Å². The third kappa shape index (κ3) is 10.6. The zero-order valence-corrected chi connectivity index (χ0v) is 33.4. The molecule has 1 N–H and O–H groups in total. The Balaban J connectivity index is 0.000000199. The molecule has 49 heavy (non-hydrogen) atoms. The third-order valence-corrected chi connectivity index (χ3v) is 12.2. The van der Waals surface area contributed by atoms with Gasteiger partial charge in [0, 0.05) is 99.8 Å². The topological polar surface area (TPSA) is 55.9 Å². The molecule has 0 aromatic heterocycles. The van der Waals surface area contributed by atoms with Crippen LogP contribution in [0.4, 0.5) is 0 Å². The second kappa shape index (κ2) is 17.8. The summed E-state index contributed by atoms with van der Waals surface area (Å²) in [5.41, 5.74) is 2.33. The van der Waals surface area contributed by atoms with E-state index in [2.05, 4.69) is 54.1 Å². The van der Waals surface area contributed by atoms with Crippen molar-refractivity contribution >= 4 is 75.6 Å². The first-order chi connectivity index (χ1) is 23.5. The lowest BCUT2D eigenvalue weighted by molar-refractivity contribution is 0.0853. The fourth-order valence-corrected chi connectivity index (χ4v) is 9.10. The van der Waals surface area contributed by atoms with Crippen LogP contribution in [-0.2, 0) is 17.8 Å². The minimum absolute atomic E-state index is 0.262. The van der Waals surface area contributed by atoms with Crippen LogP contribution >= 0.6 is 60.2 Å². The predicted molar refractivity (Wildman–Crippen MR) is 214 cm³/mol. The van der Waals surface area contributed by atoms with E-state index in [0.717, 1.165) is 112 Å². The third-order valence-electron chi connectivity index (χ3n) is 8.63. The van der Waals surface area contributed by atoms with Crippen molar-refractivity contribution in [2.45, 2.75) is 49.3 Å². The van der Waals surface area contributed by atoms with Crippen LogP contribution in [0.5, 0.6) is 11.5 Å². The number of nitrogens with one attached hydrogen (secondary N) is 1. The highest BCUT2D eigenvalue weighted by Crippen LogP contribution is 2.32. The van der Waals surface area contributed by atoms with Crippen LogP contribution in [0, 0.1) is 0 Å². The summed E-state index contributed by atoms with van der Waals surface area (Å²) in [6.07, 6.45) is 0. The second-order valence-electron chi connectivity index (χ2n) is 13.2. The fraction of sp³-hybridized carbons (Fsp3) is 0.571. The van der Waals surface area contributed by atoms with Gasteiger partial charge in [0.15, 0.2) is 10.2 Å². The van der Waals surface area contributed by atoms with Gasteiger partial charge in [-0.2, -0.15) is 0 Å². The Morgan fingerprint density at radius 2 is 1.08 bits per heavy atom. The largest absolute Gasteiger partial charge is 0.497 e. The molecule has 2 fully saturated rings. The van der Waals surface area contributed by atoms with E-state index in [1.807, 2.05) is 56.4 Å². The Bertz CT molecular complexity index is 1460. The molecule has 9 nitrogen and oxygen atoms in total. The van der Waals surface area contributed by atoms with Crippen LogP contribution in [0.1, 0.15) is 31.9 Å². The van der Waals surface area contributed by atoms with E-state index >= 15 is 0 Å². The number of hydrogen-bond donors (Lipinski definition) is 1. The summed E-state index contributed by atoms with van der Waals surface area (Å²) in [7, 11) is 3.43. The number of thiocarbonyl (C=S) groups is 3. The fourth-order valence-electron chi connectivity index (χ4n) is 5.98. The number of rotatable bonds is 2. The van der Waals surface area contributed by atoms with Crippen LogP contribution in [0.3, 0.4) is 0 Å². The zero-order valence-electron chi connectivity index (χ0n) is 29.4. The summed E-state index contributed by atoms with van der Waals surface area (Å²) in [6.45, 7) is 17.2. The van der Waals surface area contributed by atoms with Crippen LogP contribution in [0.15, 0.2) is 46.2 Å². The van der Waals surface area contributed by atoms with Crippen molar-refractivity contribution in [3.05, 3.63) is 47.5 Å². The molecule has 0 atom stereocenters. The molecule has 0 aliphatic carbocycles. The Labute approximate surface area is 317 Å². The number of nitrogens with zero attached hydrogens (tertiary/aromatic N) is 5. The molecule has 0 spiro atoms. The Morgan fingerprint density at radius 3 is 1.53 bits per heavy atom. The first kappa shape index (κ1) is 38.0. The lowest BCUT2D eigenvalue weighted by Crippen LogP contribution is -2.54. The Morgan fingerprint density at radius 1 is 0.633 bits per heavy atom. The molecule has 0 bridgehead atoms. The standard InChI is InChI=1S/C20H29N3O2S3.C15H21N3OS2/c1-20(2,3)25-19(27)22-9-7-21(8-10-22)18(26)23-11-12-28-17-6-5-16(24-4)13-15(17)14-23;1-19-13-2-3-14-12(10-13)11-18(8-9-21-14)15(20)17-6-4-16-5-7-17/h5-6,13H,7-12,14H2,1-4H3;2-3,10,16H,4-9,11H2,1H3. The van der Waals surface area contributed by atoms with Crippen molar-refractivity contribution in [3.63, 3.8) is 0 Å². The van der Waals surface area contributed by atoms with Gasteiger partial charge in [0.1, 0.15) is 17.1 Å². The molecule has 268 valence electrons. The molecular formula is C35H50N6O3S5. The Kier molecular flexibility index (Phi) is 13.8. The molecule has 2 saturated heterocycles. The van der Waals surface area contributed by atoms with Crippen molar-refractivity contribution in [1.29, 1.82) is 0 Å². The summed E-state index contributed by atoms with van der Waals surface area (Å²) >= 11 is 20.9. The molecule has 2 aromatic rings. The Hall–Kier alpha value is -2.23. The van der Waals surface area contributed by atoms with Gasteiger partial charge in [0.2, 0.25) is 0 Å². The van der Waals surface area contributed by atoms with Gasteiger partial charge in [0.25, 0.3) is 5.17 Å². The van der Waals surface area contributed by atoms with E-state index in [4.69, 9.17) is 50.9 Å². The van der Waals surface area contributed by atoms with Gasteiger partial charge in [-0.15, -0.1) is 23.5 Å². The molecule has 0 unspecified atom stereocenters. The average molecular weight is 763 g/mol. The van der Waals surface area contributed by atoms with E-state index in [-0.39, 0.29) is 5.60 Å². The highest BCUT2D eigenvalue weighted by Gasteiger charge is 2.28. The molecule has 4 aliphatic rings. The highest BCUT2D eigenvalue weighted by molar-refractivity contribution is 7.99. The summed E-state index contributed by atoms with van der Waals surface area (Å²) in [4.78, 5) is 14.1. The van der Waals surface area contributed by atoms with Crippen LogP contribution in [-0.4, -0.2) is 137 Å². The van der Waals surface area contributed by atoms with Gasteiger partial charge in [-0.05, 0) is 105 Å². The minimum atomic E-state index is -0.262. The summed E-state index contributed by atoms with van der Waals surface area (Å²) in [5.74, 6) is 3.92. The van der Waals surface area contributed by atoms with E-state index < -0.39 is 0 Å². The van der Waals surface area contributed by atoms with Crippen molar-refractivity contribution in [3.8, 4) is 11.5 Å². The first-order valence-corrected chi connectivity index (χ1v) is 20.1. The number of methoxy groups -OCH3 is 2. The maximum absolute atomic E-state index is 5.87.